The van der Waals surface area contributed by atoms with Gasteiger partial charge in [-0.3, -0.25) is 4.90 Å². The number of rotatable bonds is 1. The van der Waals surface area contributed by atoms with E-state index in [2.05, 4.69) is 4.98 Å². The molecule has 3 rings (SSSR count). The lowest BCUT2D eigenvalue weighted by Gasteiger charge is -2.12. The van der Waals surface area contributed by atoms with Crippen molar-refractivity contribution in [2.45, 2.75) is 13.3 Å². The van der Waals surface area contributed by atoms with Gasteiger partial charge in [0.2, 0.25) is 0 Å². The molecular formula is C15H14N2O4. The molecule has 0 bridgehead atoms. The van der Waals surface area contributed by atoms with Gasteiger partial charge in [0.1, 0.15) is 0 Å². The van der Waals surface area contributed by atoms with Crippen molar-refractivity contribution >= 4 is 28.5 Å². The van der Waals surface area contributed by atoms with Crippen LogP contribution in [-0.2, 0) is 11.2 Å². The molecule has 108 valence electrons. The summed E-state index contributed by atoms with van der Waals surface area (Å²) in [5, 5.41) is 19.5. The predicted molar refractivity (Wildman–Crippen MR) is 77.1 cm³/mol. The van der Waals surface area contributed by atoms with Crippen molar-refractivity contribution < 1.29 is 19.8 Å². The van der Waals surface area contributed by atoms with Gasteiger partial charge in [-0.05, 0) is 24.5 Å². The first-order valence-corrected chi connectivity index (χ1v) is 6.54. The third-order valence-corrected chi connectivity index (χ3v) is 3.78. The standard InChI is InChI=1S/C15H14N2O4/c1-8-3-2-4-9-10-5-6-17(15(20)21)7-11(14(18)19)13(10)16-12(8)9/h2-4,7,16H,5-6H2,1H3,(H,18,19)(H,20,21). The van der Waals surface area contributed by atoms with E-state index >= 15 is 0 Å². The third-order valence-electron chi connectivity index (χ3n) is 3.78. The van der Waals surface area contributed by atoms with Crippen molar-refractivity contribution in [2.75, 3.05) is 6.54 Å². The topological polar surface area (TPSA) is 93.6 Å². The fourth-order valence-electron chi connectivity index (χ4n) is 2.74. The molecule has 6 heteroatoms. The first kappa shape index (κ1) is 13.2. The minimum Gasteiger partial charge on any atom is -0.478 e. The number of carboxylic acids is 1. The number of carbonyl (C=O) groups is 2. The molecular weight excluding hydrogens is 272 g/mol. The summed E-state index contributed by atoms with van der Waals surface area (Å²) in [6, 6.07) is 5.79. The second kappa shape index (κ2) is 4.66. The summed E-state index contributed by atoms with van der Waals surface area (Å²) in [4.78, 5) is 26.8. The van der Waals surface area contributed by atoms with Gasteiger partial charge in [0.15, 0.2) is 0 Å². The van der Waals surface area contributed by atoms with Crippen LogP contribution in [0.1, 0.15) is 16.8 Å². The zero-order chi connectivity index (χ0) is 15.1. The summed E-state index contributed by atoms with van der Waals surface area (Å²) in [6.07, 6.45) is 0.499. The molecule has 1 aromatic carbocycles. The lowest BCUT2D eigenvalue weighted by Crippen LogP contribution is -2.25. The molecule has 2 aromatic rings. The van der Waals surface area contributed by atoms with Crippen LogP contribution in [0.3, 0.4) is 0 Å². The first-order valence-electron chi connectivity index (χ1n) is 6.54. The number of carboxylic acid groups (broad SMARTS) is 2. The van der Waals surface area contributed by atoms with Crippen LogP contribution in [0.2, 0.25) is 0 Å². The molecule has 2 heterocycles. The third kappa shape index (κ3) is 2.05. The highest BCUT2D eigenvalue weighted by molar-refractivity contribution is 6.17. The Bertz CT molecular complexity index is 788. The largest absolute Gasteiger partial charge is 0.478 e. The van der Waals surface area contributed by atoms with Crippen molar-refractivity contribution in [2.24, 2.45) is 0 Å². The number of aryl methyl sites for hydroxylation is 1. The highest BCUT2D eigenvalue weighted by atomic mass is 16.4. The van der Waals surface area contributed by atoms with Crippen molar-refractivity contribution in [3.63, 3.8) is 0 Å². The molecule has 0 saturated carbocycles. The smallest absolute Gasteiger partial charge is 0.411 e. The summed E-state index contributed by atoms with van der Waals surface area (Å²) in [5.41, 5.74) is 3.25. The lowest BCUT2D eigenvalue weighted by molar-refractivity contribution is -0.130. The van der Waals surface area contributed by atoms with E-state index in [1.165, 1.54) is 6.20 Å². The van der Waals surface area contributed by atoms with Gasteiger partial charge in [-0.2, -0.15) is 0 Å². The summed E-state index contributed by atoms with van der Waals surface area (Å²) in [7, 11) is 0. The van der Waals surface area contributed by atoms with Gasteiger partial charge in [-0.25, -0.2) is 9.59 Å². The lowest BCUT2D eigenvalue weighted by atomic mass is 10.0. The van der Waals surface area contributed by atoms with Gasteiger partial charge >= 0.3 is 12.1 Å². The first-order chi connectivity index (χ1) is 9.99. The van der Waals surface area contributed by atoms with E-state index < -0.39 is 12.1 Å². The Balaban J connectivity index is 2.27. The molecule has 0 aliphatic carbocycles. The fraction of sp³-hybridized carbons (Fsp3) is 0.200. The maximum absolute atomic E-state index is 11.5. The van der Waals surface area contributed by atoms with Crippen LogP contribution in [0.5, 0.6) is 0 Å². The van der Waals surface area contributed by atoms with E-state index in [0.717, 1.165) is 26.9 Å². The number of para-hydroxylation sites is 1. The minimum atomic E-state index is -1.15. The summed E-state index contributed by atoms with van der Waals surface area (Å²) < 4.78 is 0. The second-order valence-electron chi connectivity index (χ2n) is 5.05. The van der Waals surface area contributed by atoms with E-state index in [4.69, 9.17) is 5.11 Å². The number of aromatic nitrogens is 1. The zero-order valence-corrected chi connectivity index (χ0v) is 11.4. The van der Waals surface area contributed by atoms with Crippen LogP contribution in [0.4, 0.5) is 4.79 Å². The summed E-state index contributed by atoms with van der Waals surface area (Å²) >= 11 is 0. The molecule has 1 amide bonds. The van der Waals surface area contributed by atoms with Gasteiger partial charge in [-0.15, -0.1) is 0 Å². The Labute approximate surface area is 120 Å². The van der Waals surface area contributed by atoms with Crippen molar-refractivity contribution in [3.05, 3.63) is 41.2 Å². The molecule has 0 fully saturated rings. The molecule has 0 saturated heterocycles. The number of fused-ring (bicyclic) bond motifs is 3. The quantitative estimate of drug-likeness (QED) is 0.750. The highest BCUT2D eigenvalue weighted by Crippen LogP contribution is 2.32. The SMILES string of the molecule is Cc1cccc2c3c([nH]c12)C(C(=O)O)=CN(C(=O)O)CC3. The number of benzene rings is 1. The molecule has 1 aliphatic heterocycles. The number of aliphatic carboxylic acids is 1. The van der Waals surface area contributed by atoms with Crippen LogP contribution < -0.4 is 0 Å². The second-order valence-corrected chi connectivity index (χ2v) is 5.05. The van der Waals surface area contributed by atoms with Crippen molar-refractivity contribution in [3.8, 4) is 0 Å². The minimum absolute atomic E-state index is 0.0273. The Hall–Kier alpha value is -2.76. The van der Waals surface area contributed by atoms with Gasteiger partial charge < -0.3 is 15.2 Å². The van der Waals surface area contributed by atoms with E-state index in [1.807, 2.05) is 25.1 Å². The molecule has 0 radical (unpaired) electrons. The molecule has 21 heavy (non-hydrogen) atoms. The van der Waals surface area contributed by atoms with Crippen LogP contribution in [0, 0.1) is 6.92 Å². The molecule has 3 N–H and O–H groups in total. The Morgan fingerprint density at radius 1 is 1.29 bits per heavy atom. The number of aromatic amines is 1. The van der Waals surface area contributed by atoms with E-state index in [9.17, 15) is 14.7 Å². The number of amides is 1. The maximum atomic E-state index is 11.5. The van der Waals surface area contributed by atoms with Crippen LogP contribution in [0.25, 0.3) is 16.5 Å². The van der Waals surface area contributed by atoms with E-state index in [1.54, 1.807) is 0 Å². The number of H-pyrrole nitrogens is 1. The van der Waals surface area contributed by atoms with Crippen molar-refractivity contribution in [1.82, 2.24) is 9.88 Å². The molecule has 1 aromatic heterocycles. The molecule has 0 atom stereocenters. The highest BCUT2D eigenvalue weighted by Gasteiger charge is 2.26. The Morgan fingerprint density at radius 3 is 2.71 bits per heavy atom. The monoisotopic (exact) mass is 286 g/mol. The number of hydrogen-bond acceptors (Lipinski definition) is 2. The van der Waals surface area contributed by atoms with Gasteiger partial charge in [0, 0.05) is 23.6 Å². The fourth-order valence-corrected chi connectivity index (χ4v) is 2.74. The number of hydrogen-bond donors (Lipinski definition) is 3. The molecule has 0 unspecified atom stereocenters. The van der Waals surface area contributed by atoms with Gasteiger partial charge in [0.05, 0.1) is 11.3 Å². The number of nitrogens with zero attached hydrogens (tertiary/aromatic N) is 1. The van der Waals surface area contributed by atoms with Crippen LogP contribution in [-0.4, -0.2) is 38.7 Å². The van der Waals surface area contributed by atoms with Crippen LogP contribution >= 0.6 is 0 Å². The van der Waals surface area contributed by atoms with Gasteiger partial charge in [0.25, 0.3) is 0 Å². The number of nitrogens with one attached hydrogen (secondary N) is 1. The average Bonchev–Trinajstić information content (AvgIpc) is 2.67. The summed E-state index contributed by atoms with van der Waals surface area (Å²) in [6.45, 7) is 2.19. The molecule has 6 nitrogen and oxygen atoms in total. The Morgan fingerprint density at radius 2 is 2.05 bits per heavy atom. The van der Waals surface area contributed by atoms with Crippen LogP contribution in [0.15, 0.2) is 24.4 Å². The Kier molecular flexibility index (Phi) is 2.94. The average molecular weight is 286 g/mol. The zero-order valence-electron chi connectivity index (χ0n) is 11.4. The van der Waals surface area contributed by atoms with E-state index in [-0.39, 0.29) is 12.1 Å². The molecule has 0 spiro atoms. The maximum Gasteiger partial charge on any atom is 0.411 e. The van der Waals surface area contributed by atoms with Crippen molar-refractivity contribution in [1.29, 1.82) is 0 Å². The normalized spacial score (nSPS) is 14.5. The van der Waals surface area contributed by atoms with E-state index in [0.29, 0.717) is 12.1 Å². The molecule has 1 aliphatic rings. The summed E-state index contributed by atoms with van der Waals surface area (Å²) in [5.74, 6) is -1.14. The van der Waals surface area contributed by atoms with Gasteiger partial charge in [-0.1, -0.05) is 18.2 Å². The predicted octanol–water partition coefficient (Wildman–Crippen LogP) is 2.44.